The molecule has 1 aromatic rings. The molecule has 1 aromatic heterocycles. The van der Waals surface area contributed by atoms with Crippen molar-refractivity contribution in [2.45, 2.75) is 0 Å². The Labute approximate surface area is 94.1 Å². The van der Waals surface area contributed by atoms with Crippen LogP contribution in [0.15, 0.2) is 0 Å². The van der Waals surface area contributed by atoms with Crippen molar-refractivity contribution in [2.24, 2.45) is 0 Å². The highest BCUT2D eigenvalue weighted by molar-refractivity contribution is 6.28. The van der Waals surface area contributed by atoms with Gasteiger partial charge < -0.3 is 15.5 Å². The molecule has 0 amide bonds. The minimum atomic E-state index is 0.120. The second-order valence-electron chi connectivity index (χ2n) is 3.49. The van der Waals surface area contributed by atoms with Crippen molar-refractivity contribution in [3.05, 3.63) is 5.28 Å². The number of hydrogen-bond acceptors (Lipinski definition) is 6. The molecule has 0 saturated heterocycles. The van der Waals surface area contributed by atoms with Gasteiger partial charge in [0.1, 0.15) is 0 Å². The summed E-state index contributed by atoms with van der Waals surface area (Å²) in [5.74, 6) is 0.635. The molecule has 7 heteroatoms. The summed E-state index contributed by atoms with van der Waals surface area (Å²) in [6.07, 6.45) is 0. The summed E-state index contributed by atoms with van der Waals surface area (Å²) in [6.45, 7) is 1.70. The van der Waals surface area contributed by atoms with E-state index in [4.69, 9.17) is 17.3 Å². The van der Waals surface area contributed by atoms with E-state index in [-0.39, 0.29) is 11.2 Å². The lowest BCUT2D eigenvalue weighted by molar-refractivity contribution is 0.415. The van der Waals surface area contributed by atoms with Crippen molar-refractivity contribution in [2.75, 3.05) is 44.9 Å². The lowest BCUT2D eigenvalue weighted by Crippen LogP contribution is -2.29. The zero-order valence-corrected chi connectivity index (χ0v) is 9.86. The monoisotopic (exact) mass is 230 g/mol. The van der Waals surface area contributed by atoms with Gasteiger partial charge in [-0.05, 0) is 25.7 Å². The van der Waals surface area contributed by atoms with Crippen LogP contribution in [0.3, 0.4) is 0 Å². The Morgan fingerprint density at radius 1 is 1.13 bits per heavy atom. The Morgan fingerprint density at radius 2 is 1.80 bits per heavy atom. The maximum absolute atomic E-state index is 5.68. The molecule has 2 N–H and O–H groups in total. The van der Waals surface area contributed by atoms with Gasteiger partial charge in [0, 0.05) is 20.1 Å². The number of hydrogen-bond donors (Lipinski definition) is 1. The number of aromatic nitrogens is 3. The molecule has 1 heterocycles. The van der Waals surface area contributed by atoms with E-state index in [2.05, 4.69) is 19.9 Å². The molecule has 0 atom stereocenters. The van der Waals surface area contributed by atoms with Gasteiger partial charge in [-0.15, -0.1) is 0 Å². The van der Waals surface area contributed by atoms with Gasteiger partial charge >= 0.3 is 0 Å². The summed E-state index contributed by atoms with van der Waals surface area (Å²) in [5.41, 5.74) is 5.47. The highest BCUT2D eigenvalue weighted by atomic mass is 35.5. The van der Waals surface area contributed by atoms with Gasteiger partial charge in [0.2, 0.25) is 17.2 Å². The molecule has 0 aliphatic heterocycles. The summed E-state index contributed by atoms with van der Waals surface area (Å²) in [6, 6.07) is 0. The van der Waals surface area contributed by atoms with Gasteiger partial charge in [-0.25, -0.2) is 0 Å². The molecule has 0 aliphatic carbocycles. The van der Waals surface area contributed by atoms with E-state index in [9.17, 15) is 0 Å². The lowest BCUT2D eigenvalue weighted by atomic mass is 10.5. The SMILES string of the molecule is CN(C)CCN(C)c1nc(N)nc(Cl)n1. The summed E-state index contributed by atoms with van der Waals surface area (Å²) in [4.78, 5) is 15.6. The Kier molecular flexibility index (Phi) is 4.05. The third-order valence-electron chi connectivity index (χ3n) is 1.84. The molecule has 0 unspecified atom stereocenters. The van der Waals surface area contributed by atoms with E-state index in [0.717, 1.165) is 13.1 Å². The standard InChI is InChI=1S/C8H15ClN6/c1-14(2)4-5-15(3)8-12-6(9)11-7(10)13-8/h4-5H2,1-3H3,(H2,10,11,12,13). The first-order chi connectivity index (χ1) is 6.99. The number of likely N-dealkylation sites (N-methyl/N-ethyl adjacent to an activating group) is 2. The second kappa shape index (κ2) is 5.09. The molecular weight excluding hydrogens is 216 g/mol. The van der Waals surface area contributed by atoms with Crippen LogP contribution in [0, 0.1) is 0 Å². The van der Waals surface area contributed by atoms with Gasteiger partial charge in [-0.1, -0.05) is 0 Å². The third-order valence-corrected chi connectivity index (χ3v) is 2.01. The average Bonchev–Trinajstić information content (AvgIpc) is 2.12. The van der Waals surface area contributed by atoms with Gasteiger partial charge in [0.25, 0.3) is 0 Å². The summed E-state index contributed by atoms with van der Waals surface area (Å²) in [7, 11) is 5.89. The van der Waals surface area contributed by atoms with Crippen LogP contribution in [0.5, 0.6) is 0 Å². The maximum atomic E-state index is 5.68. The average molecular weight is 231 g/mol. The molecule has 0 aliphatic rings. The number of nitrogens with zero attached hydrogens (tertiary/aromatic N) is 5. The molecular formula is C8H15ClN6. The van der Waals surface area contributed by atoms with E-state index in [1.54, 1.807) is 0 Å². The zero-order chi connectivity index (χ0) is 11.4. The van der Waals surface area contributed by atoms with Crippen LogP contribution in [0.4, 0.5) is 11.9 Å². The van der Waals surface area contributed by atoms with Gasteiger partial charge in [0.15, 0.2) is 0 Å². The predicted molar refractivity (Wildman–Crippen MR) is 61.1 cm³/mol. The van der Waals surface area contributed by atoms with Crippen molar-refractivity contribution in [3.63, 3.8) is 0 Å². The summed E-state index contributed by atoms with van der Waals surface area (Å²) in [5, 5.41) is 0.120. The maximum Gasteiger partial charge on any atom is 0.231 e. The minimum Gasteiger partial charge on any atom is -0.368 e. The molecule has 6 nitrogen and oxygen atoms in total. The number of anilines is 2. The van der Waals surface area contributed by atoms with Crippen LogP contribution in [0.1, 0.15) is 0 Å². The van der Waals surface area contributed by atoms with E-state index < -0.39 is 0 Å². The van der Waals surface area contributed by atoms with Gasteiger partial charge in [0.05, 0.1) is 0 Å². The summed E-state index contributed by atoms with van der Waals surface area (Å²) >= 11 is 5.68. The van der Waals surface area contributed by atoms with Crippen molar-refractivity contribution < 1.29 is 0 Å². The largest absolute Gasteiger partial charge is 0.368 e. The first-order valence-electron chi connectivity index (χ1n) is 4.52. The normalized spacial score (nSPS) is 10.7. The van der Waals surface area contributed by atoms with Gasteiger partial charge in [-0.2, -0.15) is 15.0 Å². The van der Waals surface area contributed by atoms with E-state index in [1.165, 1.54) is 0 Å². The molecule has 0 aromatic carbocycles. The Hall–Kier alpha value is -1.14. The quantitative estimate of drug-likeness (QED) is 0.792. The van der Waals surface area contributed by atoms with Crippen molar-refractivity contribution in [3.8, 4) is 0 Å². The first kappa shape index (κ1) is 11.9. The fourth-order valence-corrected chi connectivity index (χ4v) is 1.14. The van der Waals surface area contributed by atoms with Crippen LogP contribution in [-0.2, 0) is 0 Å². The molecule has 1 rings (SSSR count). The summed E-state index contributed by atoms with van der Waals surface area (Å²) < 4.78 is 0. The fourth-order valence-electron chi connectivity index (χ4n) is 0.975. The molecule has 15 heavy (non-hydrogen) atoms. The van der Waals surface area contributed by atoms with Crippen LogP contribution in [-0.4, -0.2) is 54.1 Å². The van der Waals surface area contributed by atoms with Crippen LogP contribution < -0.4 is 10.6 Å². The molecule has 84 valence electrons. The molecule has 0 fully saturated rings. The van der Waals surface area contributed by atoms with Crippen LogP contribution in [0.25, 0.3) is 0 Å². The smallest absolute Gasteiger partial charge is 0.231 e. The Balaban J connectivity index is 2.68. The topological polar surface area (TPSA) is 71.2 Å². The van der Waals surface area contributed by atoms with Crippen LogP contribution >= 0.6 is 11.6 Å². The van der Waals surface area contributed by atoms with E-state index in [0.29, 0.717) is 5.95 Å². The third kappa shape index (κ3) is 3.85. The Morgan fingerprint density at radius 3 is 2.33 bits per heavy atom. The predicted octanol–water partition coefficient (Wildman–Crippen LogP) is 0.105. The highest BCUT2D eigenvalue weighted by Gasteiger charge is 2.07. The molecule has 0 bridgehead atoms. The van der Waals surface area contributed by atoms with Gasteiger partial charge in [-0.3, -0.25) is 0 Å². The lowest BCUT2D eigenvalue weighted by Gasteiger charge is -2.19. The van der Waals surface area contributed by atoms with E-state index in [1.807, 2.05) is 26.0 Å². The fraction of sp³-hybridized carbons (Fsp3) is 0.625. The number of rotatable bonds is 4. The molecule has 0 spiro atoms. The molecule has 0 radical (unpaired) electrons. The second-order valence-corrected chi connectivity index (χ2v) is 3.83. The van der Waals surface area contributed by atoms with Crippen molar-refractivity contribution in [1.29, 1.82) is 0 Å². The number of nitrogens with two attached hydrogens (primary N) is 1. The Bertz CT molecular complexity index is 309. The molecule has 0 saturated carbocycles. The zero-order valence-electron chi connectivity index (χ0n) is 9.11. The van der Waals surface area contributed by atoms with Crippen molar-refractivity contribution in [1.82, 2.24) is 19.9 Å². The van der Waals surface area contributed by atoms with E-state index >= 15 is 0 Å². The minimum absolute atomic E-state index is 0.120. The number of halogens is 1. The first-order valence-corrected chi connectivity index (χ1v) is 4.89. The van der Waals surface area contributed by atoms with Crippen LogP contribution in [0.2, 0.25) is 5.28 Å². The highest BCUT2D eigenvalue weighted by Crippen LogP contribution is 2.09. The van der Waals surface area contributed by atoms with Crippen molar-refractivity contribution >= 4 is 23.5 Å². The number of nitrogen functional groups attached to an aromatic ring is 1.